The summed E-state index contributed by atoms with van der Waals surface area (Å²) >= 11 is 0. The van der Waals surface area contributed by atoms with E-state index in [0.717, 1.165) is 17.7 Å². The second kappa shape index (κ2) is 6.10. The molecule has 3 nitrogen and oxygen atoms in total. The van der Waals surface area contributed by atoms with E-state index in [1.54, 1.807) is 0 Å². The first kappa shape index (κ1) is 15.8. The Bertz CT molecular complexity index is 994. The molecule has 1 aromatic carbocycles. The second-order valence-electron chi connectivity index (χ2n) is 7.85. The van der Waals surface area contributed by atoms with E-state index in [0.29, 0.717) is 12.1 Å². The molecule has 0 saturated carbocycles. The average Bonchev–Trinajstić information content (AvgIpc) is 2.94. The Morgan fingerprint density at radius 1 is 1.15 bits per heavy atom. The zero-order valence-corrected chi connectivity index (χ0v) is 15.5. The number of hydrogen-bond acceptors (Lipinski definition) is 2. The number of nitrogens with one attached hydrogen (secondary N) is 1. The van der Waals surface area contributed by atoms with Crippen LogP contribution in [0.15, 0.2) is 36.5 Å². The highest BCUT2D eigenvalue weighted by Crippen LogP contribution is 2.41. The fraction of sp³-hybridized carbons (Fsp3) is 0.348. The van der Waals surface area contributed by atoms with Crippen LogP contribution in [-0.2, 0) is 6.42 Å². The van der Waals surface area contributed by atoms with Crippen molar-refractivity contribution >= 4 is 23.2 Å². The molecule has 0 unspecified atom stereocenters. The van der Waals surface area contributed by atoms with Crippen molar-refractivity contribution in [3.8, 4) is 0 Å². The van der Waals surface area contributed by atoms with Crippen LogP contribution in [-0.4, -0.2) is 15.6 Å². The maximum absolute atomic E-state index is 4.42. The van der Waals surface area contributed by atoms with Crippen molar-refractivity contribution in [1.82, 2.24) is 14.9 Å². The standard InChI is InChI=1S/C23H25N3/c1-15-6-9-21-19(12-15)23-20-5-3-4-18(25-20)13-22(23)26(21)11-10-17-8-7-16(2)24-14-17/h6-12,14,18,20,25H,3-5,13H2,1-2H3/t18-,20+/m1/s1. The molecule has 2 aliphatic heterocycles. The molecule has 3 aromatic rings. The van der Waals surface area contributed by atoms with E-state index in [-0.39, 0.29) is 0 Å². The topological polar surface area (TPSA) is 29.9 Å². The molecule has 26 heavy (non-hydrogen) atoms. The molecule has 0 spiro atoms. The van der Waals surface area contributed by atoms with Gasteiger partial charge in [0.1, 0.15) is 0 Å². The summed E-state index contributed by atoms with van der Waals surface area (Å²) in [5, 5.41) is 5.29. The molecule has 132 valence electrons. The minimum atomic E-state index is 0.512. The van der Waals surface area contributed by atoms with Crippen molar-refractivity contribution < 1.29 is 0 Å². The summed E-state index contributed by atoms with van der Waals surface area (Å²) in [5.74, 6) is 0. The zero-order chi connectivity index (χ0) is 17.7. The van der Waals surface area contributed by atoms with Crippen LogP contribution in [0.25, 0.3) is 23.2 Å². The molecule has 0 amide bonds. The Morgan fingerprint density at radius 3 is 2.92 bits per heavy atom. The number of pyridine rings is 1. The smallest absolute Gasteiger partial charge is 0.0529 e. The van der Waals surface area contributed by atoms with Gasteiger partial charge in [-0.2, -0.15) is 0 Å². The molecule has 2 aliphatic rings. The molecule has 3 heteroatoms. The van der Waals surface area contributed by atoms with Crippen LogP contribution in [0.4, 0.5) is 0 Å². The van der Waals surface area contributed by atoms with Crippen molar-refractivity contribution in [3.63, 3.8) is 0 Å². The van der Waals surface area contributed by atoms with Gasteiger partial charge in [-0.1, -0.05) is 17.7 Å². The Balaban J connectivity index is 1.67. The van der Waals surface area contributed by atoms with Crippen molar-refractivity contribution in [3.05, 3.63) is 64.6 Å². The fourth-order valence-electron chi connectivity index (χ4n) is 4.65. The summed E-state index contributed by atoms with van der Waals surface area (Å²) in [6.45, 7) is 4.22. The predicted molar refractivity (Wildman–Crippen MR) is 108 cm³/mol. The first-order valence-electron chi connectivity index (χ1n) is 9.69. The van der Waals surface area contributed by atoms with Crippen LogP contribution in [0.3, 0.4) is 0 Å². The SMILES string of the molecule is Cc1ccc2c(c1)c1c(n2C=Cc2ccc(C)nc2)C[C@H]2CCC[C@@H]1N2. The average molecular weight is 343 g/mol. The maximum Gasteiger partial charge on any atom is 0.0529 e. The van der Waals surface area contributed by atoms with Crippen LogP contribution in [0.5, 0.6) is 0 Å². The molecule has 5 rings (SSSR count). The van der Waals surface area contributed by atoms with Gasteiger partial charge in [0.25, 0.3) is 0 Å². The van der Waals surface area contributed by atoms with Gasteiger partial charge in [-0.05, 0) is 68.5 Å². The van der Waals surface area contributed by atoms with Gasteiger partial charge < -0.3 is 9.88 Å². The van der Waals surface area contributed by atoms with Gasteiger partial charge in [-0.3, -0.25) is 4.98 Å². The van der Waals surface area contributed by atoms with Crippen molar-refractivity contribution in [2.24, 2.45) is 0 Å². The van der Waals surface area contributed by atoms with Gasteiger partial charge in [0.2, 0.25) is 0 Å². The highest BCUT2D eigenvalue weighted by molar-refractivity contribution is 5.90. The summed E-state index contributed by atoms with van der Waals surface area (Å²) in [5.41, 5.74) is 7.89. The lowest BCUT2D eigenvalue weighted by Crippen LogP contribution is -2.42. The first-order valence-corrected chi connectivity index (χ1v) is 9.69. The number of nitrogens with zero attached hydrogens (tertiary/aromatic N) is 2. The van der Waals surface area contributed by atoms with Crippen molar-refractivity contribution in [2.75, 3.05) is 0 Å². The quantitative estimate of drug-likeness (QED) is 0.708. The van der Waals surface area contributed by atoms with E-state index in [1.807, 2.05) is 13.1 Å². The van der Waals surface area contributed by atoms with E-state index in [2.05, 4.69) is 64.4 Å². The lowest BCUT2D eigenvalue weighted by molar-refractivity contribution is 0.301. The monoisotopic (exact) mass is 343 g/mol. The van der Waals surface area contributed by atoms with Crippen LogP contribution in [0.1, 0.15) is 53.4 Å². The maximum atomic E-state index is 4.42. The van der Waals surface area contributed by atoms with Gasteiger partial charge in [0, 0.05) is 47.7 Å². The summed E-state index contributed by atoms with van der Waals surface area (Å²) in [7, 11) is 0. The van der Waals surface area contributed by atoms with E-state index in [4.69, 9.17) is 0 Å². The Morgan fingerprint density at radius 2 is 2.08 bits per heavy atom. The van der Waals surface area contributed by atoms with Gasteiger partial charge in [0.15, 0.2) is 0 Å². The molecule has 0 aliphatic carbocycles. The van der Waals surface area contributed by atoms with Crippen molar-refractivity contribution in [2.45, 2.75) is 51.6 Å². The molecular weight excluding hydrogens is 318 g/mol. The van der Waals surface area contributed by atoms with Crippen LogP contribution < -0.4 is 5.32 Å². The fourth-order valence-corrected chi connectivity index (χ4v) is 4.65. The van der Waals surface area contributed by atoms with E-state index >= 15 is 0 Å². The normalized spacial score (nSPS) is 22.1. The Kier molecular flexibility index (Phi) is 3.71. The second-order valence-corrected chi connectivity index (χ2v) is 7.85. The molecule has 2 bridgehead atoms. The third-order valence-electron chi connectivity index (χ3n) is 5.92. The van der Waals surface area contributed by atoms with Crippen LogP contribution in [0, 0.1) is 13.8 Å². The summed E-state index contributed by atoms with van der Waals surface area (Å²) in [6.07, 6.45) is 11.4. The summed E-state index contributed by atoms with van der Waals surface area (Å²) < 4.78 is 2.43. The first-order chi connectivity index (χ1) is 12.7. The number of piperidine rings is 1. The number of hydrogen-bond donors (Lipinski definition) is 1. The summed E-state index contributed by atoms with van der Waals surface area (Å²) in [6, 6.07) is 12.2. The third-order valence-corrected chi connectivity index (χ3v) is 5.92. The third kappa shape index (κ3) is 2.58. The molecule has 0 radical (unpaired) electrons. The largest absolute Gasteiger partial charge is 0.320 e. The van der Waals surface area contributed by atoms with Gasteiger partial charge in [-0.25, -0.2) is 0 Å². The van der Waals surface area contributed by atoms with Gasteiger partial charge >= 0.3 is 0 Å². The molecule has 1 saturated heterocycles. The molecule has 1 fully saturated rings. The Labute approximate surface area is 154 Å². The summed E-state index contributed by atoms with van der Waals surface area (Å²) in [4.78, 5) is 4.42. The molecule has 2 aromatic heterocycles. The zero-order valence-electron chi connectivity index (χ0n) is 15.5. The predicted octanol–water partition coefficient (Wildman–Crippen LogP) is 5.02. The number of fused-ring (bicyclic) bond motifs is 6. The highest BCUT2D eigenvalue weighted by atomic mass is 15.0. The van der Waals surface area contributed by atoms with E-state index in [1.165, 1.54) is 47.0 Å². The minimum Gasteiger partial charge on any atom is -0.320 e. The molecule has 4 heterocycles. The van der Waals surface area contributed by atoms with E-state index < -0.39 is 0 Å². The number of rotatable bonds is 2. The van der Waals surface area contributed by atoms with Crippen LogP contribution in [0.2, 0.25) is 0 Å². The Hall–Kier alpha value is -2.39. The minimum absolute atomic E-state index is 0.512. The van der Waals surface area contributed by atoms with Gasteiger partial charge in [-0.15, -0.1) is 0 Å². The van der Waals surface area contributed by atoms with Crippen LogP contribution >= 0.6 is 0 Å². The highest BCUT2D eigenvalue weighted by Gasteiger charge is 2.33. The number of aryl methyl sites for hydroxylation is 2. The lowest BCUT2D eigenvalue weighted by atomic mass is 9.84. The number of benzene rings is 1. The molecule has 2 atom stereocenters. The van der Waals surface area contributed by atoms with Gasteiger partial charge in [0.05, 0.1) is 5.52 Å². The number of aromatic nitrogens is 2. The van der Waals surface area contributed by atoms with E-state index in [9.17, 15) is 0 Å². The molecule has 1 N–H and O–H groups in total. The molecular formula is C23H25N3. The van der Waals surface area contributed by atoms with Crippen molar-refractivity contribution in [1.29, 1.82) is 0 Å². The lowest BCUT2D eigenvalue weighted by Gasteiger charge is -2.36.